The second kappa shape index (κ2) is 7.45. The molecule has 124 valence electrons. The van der Waals surface area contributed by atoms with Crippen LogP contribution in [0.5, 0.6) is 0 Å². The van der Waals surface area contributed by atoms with Crippen molar-refractivity contribution in [1.82, 2.24) is 4.90 Å². The van der Waals surface area contributed by atoms with Crippen molar-refractivity contribution in [2.75, 3.05) is 19.7 Å². The molecule has 0 bridgehead atoms. The van der Waals surface area contributed by atoms with Gasteiger partial charge >= 0.3 is 5.97 Å². The standard InChI is InChI=1S/C19H19NO3S/c1-14-7-8-17(24-14)19(22)23-13-18(21)20-11-9-16(10-12-20)15-5-3-2-4-6-15/h2-9H,10-13H2,1H3. The van der Waals surface area contributed by atoms with E-state index in [2.05, 4.69) is 18.2 Å². The molecule has 0 fully saturated rings. The first-order valence-electron chi connectivity index (χ1n) is 7.89. The van der Waals surface area contributed by atoms with E-state index in [-0.39, 0.29) is 12.5 Å². The second-order valence-electron chi connectivity index (χ2n) is 5.67. The average Bonchev–Trinajstić information content (AvgIpc) is 3.07. The Morgan fingerprint density at radius 1 is 1.17 bits per heavy atom. The van der Waals surface area contributed by atoms with Gasteiger partial charge < -0.3 is 9.64 Å². The normalized spacial score (nSPS) is 14.2. The van der Waals surface area contributed by atoms with Crippen molar-refractivity contribution in [3.63, 3.8) is 0 Å². The van der Waals surface area contributed by atoms with E-state index in [9.17, 15) is 9.59 Å². The number of esters is 1. The van der Waals surface area contributed by atoms with Gasteiger partial charge in [-0.1, -0.05) is 36.4 Å². The summed E-state index contributed by atoms with van der Waals surface area (Å²) in [5.41, 5.74) is 2.45. The van der Waals surface area contributed by atoms with E-state index in [1.165, 1.54) is 22.5 Å². The van der Waals surface area contributed by atoms with Crippen molar-refractivity contribution in [2.45, 2.75) is 13.3 Å². The summed E-state index contributed by atoms with van der Waals surface area (Å²) in [4.78, 5) is 27.4. The summed E-state index contributed by atoms with van der Waals surface area (Å²) in [6.45, 7) is 2.93. The first-order chi connectivity index (χ1) is 11.6. The van der Waals surface area contributed by atoms with Crippen LogP contribution in [0, 0.1) is 6.92 Å². The van der Waals surface area contributed by atoms with Crippen molar-refractivity contribution in [3.05, 3.63) is 63.9 Å². The van der Waals surface area contributed by atoms with Gasteiger partial charge in [0.15, 0.2) is 6.61 Å². The van der Waals surface area contributed by atoms with E-state index < -0.39 is 5.97 Å². The van der Waals surface area contributed by atoms with Crippen molar-refractivity contribution in [1.29, 1.82) is 0 Å². The summed E-state index contributed by atoms with van der Waals surface area (Å²) in [6.07, 6.45) is 2.88. The molecule has 1 amide bonds. The molecule has 2 aromatic rings. The van der Waals surface area contributed by atoms with Crippen LogP contribution in [-0.2, 0) is 9.53 Å². The molecule has 3 rings (SSSR count). The zero-order chi connectivity index (χ0) is 16.9. The number of amides is 1. The Balaban J connectivity index is 1.52. The lowest BCUT2D eigenvalue weighted by atomic mass is 10.00. The monoisotopic (exact) mass is 341 g/mol. The van der Waals surface area contributed by atoms with E-state index in [4.69, 9.17) is 4.74 Å². The zero-order valence-electron chi connectivity index (χ0n) is 13.5. The molecule has 1 aliphatic heterocycles. The minimum absolute atomic E-state index is 0.153. The summed E-state index contributed by atoms with van der Waals surface area (Å²) in [5.74, 6) is -0.584. The largest absolute Gasteiger partial charge is 0.451 e. The Labute approximate surface area is 145 Å². The van der Waals surface area contributed by atoms with Crippen molar-refractivity contribution < 1.29 is 14.3 Å². The molecule has 1 aromatic heterocycles. The van der Waals surface area contributed by atoms with Gasteiger partial charge in [0.25, 0.3) is 5.91 Å². The summed E-state index contributed by atoms with van der Waals surface area (Å²) in [5, 5.41) is 0. The zero-order valence-corrected chi connectivity index (χ0v) is 14.3. The molecule has 0 radical (unpaired) electrons. The fraction of sp³-hybridized carbons (Fsp3) is 0.263. The molecule has 0 N–H and O–H groups in total. The van der Waals surface area contributed by atoms with Crippen LogP contribution in [0.2, 0.25) is 0 Å². The Bertz CT molecular complexity index is 764. The summed E-state index contributed by atoms with van der Waals surface area (Å²) in [7, 11) is 0. The lowest BCUT2D eigenvalue weighted by Gasteiger charge is -2.26. The SMILES string of the molecule is Cc1ccc(C(=O)OCC(=O)N2CC=C(c3ccccc3)CC2)s1. The van der Waals surface area contributed by atoms with Crippen LogP contribution in [-0.4, -0.2) is 36.5 Å². The van der Waals surface area contributed by atoms with Gasteiger partial charge in [0.1, 0.15) is 4.88 Å². The summed E-state index contributed by atoms with van der Waals surface area (Å²) < 4.78 is 5.13. The smallest absolute Gasteiger partial charge is 0.348 e. The molecule has 4 nitrogen and oxygen atoms in total. The number of hydrogen-bond donors (Lipinski definition) is 0. The predicted molar refractivity (Wildman–Crippen MR) is 95.0 cm³/mol. The molecule has 0 atom stereocenters. The first kappa shape index (κ1) is 16.5. The van der Waals surface area contributed by atoms with Crippen molar-refractivity contribution in [3.8, 4) is 0 Å². The highest BCUT2D eigenvalue weighted by Gasteiger charge is 2.20. The fourth-order valence-corrected chi connectivity index (χ4v) is 3.41. The van der Waals surface area contributed by atoms with E-state index in [1.54, 1.807) is 11.0 Å². The van der Waals surface area contributed by atoms with Crippen molar-refractivity contribution in [2.24, 2.45) is 0 Å². The molecule has 0 spiro atoms. The van der Waals surface area contributed by atoms with Gasteiger partial charge in [-0.2, -0.15) is 0 Å². The number of thiophene rings is 1. The van der Waals surface area contributed by atoms with Crippen LogP contribution in [0.15, 0.2) is 48.5 Å². The molecule has 0 saturated heterocycles. The molecule has 1 aromatic carbocycles. The average molecular weight is 341 g/mol. The molecule has 2 heterocycles. The molecule has 0 unspecified atom stereocenters. The number of rotatable bonds is 4. The Kier molecular flexibility index (Phi) is 5.11. The first-order valence-corrected chi connectivity index (χ1v) is 8.71. The molecule has 0 aliphatic carbocycles. The third kappa shape index (κ3) is 3.92. The molecule has 5 heteroatoms. The highest BCUT2D eigenvalue weighted by molar-refractivity contribution is 7.13. The molecule has 1 aliphatic rings. The Hall–Kier alpha value is -2.40. The number of aryl methyl sites for hydroxylation is 1. The van der Waals surface area contributed by atoms with Gasteiger partial charge in [-0.3, -0.25) is 4.79 Å². The van der Waals surface area contributed by atoms with Crippen LogP contribution in [0.25, 0.3) is 5.57 Å². The van der Waals surface area contributed by atoms with Gasteiger partial charge in [0.2, 0.25) is 0 Å². The van der Waals surface area contributed by atoms with Crippen LogP contribution in [0.4, 0.5) is 0 Å². The van der Waals surface area contributed by atoms with Gasteiger partial charge in [-0.25, -0.2) is 4.79 Å². The number of carbonyl (C=O) groups excluding carboxylic acids is 2. The van der Waals surface area contributed by atoms with Crippen LogP contribution in [0.3, 0.4) is 0 Å². The van der Waals surface area contributed by atoms with Crippen molar-refractivity contribution >= 4 is 28.8 Å². The number of hydrogen-bond acceptors (Lipinski definition) is 4. The van der Waals surface area contributed by atoms with E-state index in [1.807, 2.05) is 31.2 Å². The maximum atomic E-state index is 12.2. The van der Waals surface area contributed by atoms with E-state index >= 15 is 0 Å². The van der Waals surface area contributed by atoms with Crippen LogP contribution in [0.1, 0.15) is 26.5 Å². The van der Waals surface area contributed by atoms with Crippen LogP contribution >= 0.6 is 11.3 Å². The lowest BCUT2D eigenvalue weighted by Crippen LogP contribution is -2.37. The van der Waals surface area contributed by atoms with Gasteiger partial charge in [-0.15, -0.1) is 11.3 Å². The number of ether oxygens (including phenoxy) is 1. The van der Waals surface area contributed by atoms with Gasteiger partial charge in [0, 0.05) is 18.0 Å². The topological polar surface area (TPSA) is 46.6 Å². The predicted octanol–water partition coefficient (Wildman–Crippen LogP) is 3.53. The number of nitrogens with zero attached hydrogens (tertiary/aromatic N) is 1. The molecule has 24 heavy (non-hydrogen) atoms. The minimum atomic E-state index is -0.432. The lowest BCUT2D eigenvalue weighted by molar-refractivity contribution is -0.134. The third-order valence-electron chi connectivity index (χ3n) is 3.97. The quantitative estimate of drug-likeness (QED) is 0.799. The number of carbonyl (C=O) groups is 2. The fourth-order valence-electron chi connectivity index (χ4n) is 2.64. The van der Waals surface area contributed by atoms with E-state index in [0.29, 0.717) is 18.0 Å². The Morgan fingerprint density at radius 2 is 1.96 bits per heavy atom. The highest BCUT2D eigenvalue weighted by Crippen LogP contribution is 2.22. The van der Waals surface area contributed by atoms with Crippen LogP contribution < -0.4 is 0 Å². The maximum absolute atomic E-state index is 12.2. The number of benzene rings is 1. The molecular formula is C19H19NO3S. The second-order valence-corrected chi connectivity index (χ2v) is 6.96. The molecule has 0 saturated carbocycles. The Morgan fingerprint density at radius 3 is 2.58 bits per heavy atom. The van der Waals surface area contributed by atoms with Gasteiger partial charge in [-0.05, 0) is 36.6 Å². The maximum Gasteiger partial charge on any atom is 0.348 e. The minimum Gasteiger partial charge on any atom is -0.451 e. The summed E-state index contributed by atoms with van der Waals surface area (Å²) in [6, 6.07) is 13.8. The van der Waals surface area contributed by atoms with Gasteiger partial charge in [0.05, 0.1) is 0 Å². The highest BCUT2D eigenvalue weighted by atomic mass is 32.1. The summed E-state index contributed by atoms with van der Waals surface area (Å²) >= 11 is 1.37. The third-order valence-corrected chi connectivity index (χ3v) is 4.96. The van der Waals surface area contributed by atoms with E-state index in [0.717, 1.165) is 11.3 Å². The molecular weight excluding hydrogens is 322 g/mol.